The van der Waals surface area contributed by atoms with E-state index in [4.69, 9.17) is 5.10 Å². The van der Waals surface area contributed by atoms with Gasteiger partial charge in [0.15, 0.2) is 0 Å². The zero-order valence-electron chi connectivity index (χ0n) is 15.8. The average Bonchev–Trinajstić information content (AvgIpc) is 3.15. The lowest BCUT2D eigenvalue weighted by Gasteiger charge is -2.38. The van der Waals surface area contributed by atoms with E-state index in [9.17, 15) is 4.79 Å². The standard InChI is InChI=1S/C21H25N3OS/c1-13-7-5-10-17(11-13)24-21-18(16(4)22-24)12-19(26-21)20(25)23-14(2)8-6-9-15(23)3/h5,7,10-12,14-15H,6,8-9H2,1-4H3/t14-,15-/m1/s1. The first-order chi connectivity index (χ1) is 12.5. The molecule has 1 aliphatic heterocycles. The van der Waals surface area contributed by atoms with Gasteiger partial charge in [-0.15, -0.1) is 11.3 Å². The first kappa shape index (κ1) is 17.3. The number of likely N-dealkylation sites (tertiary alicyclic amines) is 1. The Morgan fingerprint density at radius 3 is 2.58 bits per heavy atom. The van der Waals surface area contributed by atoms with Crippen LogP contribution in [0.5, 0.6) is 0 Å². The molecule has 1 aliphatic rings. The maximum absolute atomic E-state index is 13.2. The Morgan fingerprint density at radius 2 is 1.88 bits per heavy atom. The summed E-state index contributed by atoms with van der Waals surface area (Å²) >= 11 is 1.56. The third-order valence-electron chi connectivity index (χ3n) is 5.43. The highest BCUT2D eigenvalue weighted by molar-refractivity contribution is 7.20. The zero-order valence-corrected chi connectivity index (χ0v) is 16.6. The smallest absolute Gasteiger partial charge is 0.264 e. The molecule has 136 valence electrons. The van der Waals surface area contributed by atoms with E-state index < -0.39 is 0 Å². The molecule has 5 heteroatoms. The number of nitrogens with zero attached hydrogens (tertiary/aromatic N) is 3. The molecular weight excluding hydrogens is 342 g/mol. The fraction of sp³-hybridized carbons (Fsp3) is 0.429. The molecule has 4 nitrogen and oxygen atoms in total. The number of hydrogen-bond donors (Lipinski definition) is 0. The monoisotopic (exact) mass is 367 g/mol. The fourth-order valence-electron chi connectivity index (χ4n) is 4.04. The Bertz CT molecular complexity index is 961. The van der Waals surface area contributed by atoms with Crippen molar-refractivity contribution in [3.63, 3.8) is 0 Å². The summed E-state index contributed by atoms with van der Waals surface area (Å²) in [7, 11) is 0. The highest BCUT2D eigenvalue weighted by Crippen LogP contribution is 2.33. The maximum atomic E-state index is 13.2. The van der Waals surface area contributed by atoms with Gasteiger partial charge in [0.1, 0.15) is 4.83 Å². The number of aryl methyl sites for hydroxylation is 2. The minimum absolute atomic E-state index is 0.168. The van der Waals surface area contributed by atoms with Gasteiger partial charge < -0.3 is 4.90 Å². The van der Waals surface area contributed by atoms with E-state index in [1.165, 1.54) is 12.0 Å². The topological polar surface area (TPSA) is 38.1 Å². The van der Waals surface area contributed by atoms with Gasteiger partial charge in [0.25, 0.3) is 5.91 Å². The molecule has 4 rings (SSSR count). The molecule has 26 heavy (non-hydrogen) atoms. The van der Waals surface area contributed by atoms with Crippen LogP contribution >= 0.6 is 11.3 Å². The summed E-state index contributed by atoms with van der Waals surface area (Å²) in [6.07, 6.45) is 3.40. The van der Waals surface area contributed by atoms with E-state index >= 15 is 0 Å². The summed E-state index contributed by atoms with van der Waals surface area (Å²) in [6.45, 7) is 8.43. The van der Waals surface area contributed by atoms with Gasteiger partial charge in [-0.1, -0.05) is 12.1 Å². The van der Waals surface area contributed by atoms with Gasteiger partial charge in [0.05, 0.1) is 16.3 Å². The molecule has 1 aromatic carbocycles. The normalized spacial score (nSPS) is 20.7. The van der Waals surface area contributed by atoms with Crippen LogP contribution in [0.25, 0.3) is 15.9 Å². The molecule has 0 radical (unpaired) electrons. The number of carbonyl (C=O) groups excluding carboxylic acids is 1. The summed E-state index contributed by atoms with van der Waals surface area (Å²) in [6, 6.07) is 11.0. The van der Waals surface area contributed by atoms with Crippen molar-refractivity contribution in [3.05, 3.63) is 46.5 Å². The van der Waals surface area contributed by atoms with E-state index in [2.05, 4.69) is 43.9 Å². The van der Waals surface area contributed by atoms with E-state index in [1.54, 1.807) is 11.3 Å². The zero-order chi connectivity index (χ0) is 18.4. The quantitative estimate of drug-likeness (QED) is 0.631. The lowest BCUT2D eigenvalue weighted by molar-refractivity contribution is 0.0516. The Kier molecular flexibility index (Phi) is 4.35. The molecule has 0 spiro atoms. The molecule has 3 heterocycles. The predicted molar refractivity (Wildman–Crippen MR) is 107 cm³/mol. The summed E-state index contributed by atoms with van der Waals surface area (Å²) in [5.74, 6) is 0.168. The Morgan fingerprint density at radius 1 is 1.15 bits per heavy atom. The van der Waals surface area contributed by atoms with Crippen LogP contribution in [0.2, 0.25) is 0 Å². The number of benzene rings is 1. The minimum Gasteiger partial charge on any atom is -0.333 e. The highest BCUT2D eigenvalue weighted by Gasteiger charge is 2.31. The number of rotatable bonds is 2. The predicted octanol–water partition coefficient (Wildman–Crippen LogP) is 5.11. The van der Waals surface area contributed by atoms with Crippen molar-refractivity contribution in [2.75, 3.05) is 0 Å². The second-order valence-electron chi connectivity index (χ2n) is 7.51. The molecule has 2 aromatic heterocycles. The van der Waals surface area contributed by atoms with Crippen LogP contribution in [0, 0.1) is 13.8 Å². The molecule has 2 atom stereocenters. The number of aromatic nitrogens is 2. The third-order valence-corrected chi connectivity index (χ3v) is 6.53. The van der Waals surface area contributed by atoms with Gasteiger partial charge in [0, 0.05) is 17.5 Å². The van der Waals surface area contributed by atoms with Gasteiger partial charge in [0.2, 0.25) is 0 Å². The van der Waals surface area contributed by atoms with Crippen LogP contribution in [0.1, 0.15) is 54.0 Å². The average molecular weight is 368 g/mol. The SMILES string of the molecule is Cc1cccc(-n2nc(C)c3cc(C(=O)N4[C@H](C)CCC[C@H]4C)sc32)c1. The third kappa shape index (κ3) is 2.84. The number of fused-ring (bicyclic) bond motifs is 1. The van der Waals surface area contributed by atoms with E-state index in [1.807, 2.05) is 23.7 Å². The van der Waals surface area contributed by atoms with Crippen LogP contribution < -0.4 is 0 Å². The molecule has 0 unspecified atom stereocenters. The van der Waals surface area contributed by atoms with Gasteiger partial charge in [-0.25, -0.2) is 4.68 Å². The summed E-state index contributed by atoms with van der Waals surface area (Å²) in [5.41, 5.74) is 3.22. The molecule has 1 fully saturated rings. The molecule has 0 bridgehead atoms. The minimum atomic E-state index is 0.168. The van der Waals surface area contributed by atoms with Crippen LogP contribution in [-0.2, 0) is 0 Å². The van der Waals surface area contributed by atoms with Crippen molar-refractivity contribution in [1.82, 2.24) is 14.7 Å². The van der Waals surface area contributed by atoms with Gasteiger partial charge in [-0.2, -0.15) is 5.10 Å². The van der Waals surface area contributed by atoms with E-state index in [0.717, 1.165) is 39.3 Å². The number of thiophene rings is 1. The molecular formula is C21H25N3OS. The largest absolute Gasteiger partial charge is 0.333 e. The van der Waals surface area contributed by atoms with Crippen molar-refractivity contribution in [3.8, 4) is 5.69 Å². The first-order valence-corrected chi connectivity index (χ1v) is 10.2. The van der Waals surface area contributed by atoms with Gasteiger partial charge in [-0.05, 0) is 70.7 Å². The van der Waals surface area contributed by atoms with Gasteiger partial charge in [-0.3, -0.25) is 4.79 Å². The lowest BCUT2D eigenvalue weighted by atomic mass is 9.97. The Balaban J connectivity index is 1.76. The van der Waals surface area contributed by atoms with Crippen LogP contribution in [0.4, 0.5) is 0 Å². The maximum Gasteiger partial charge on any atom is 0.264 e. The Hall–Kier alpha value is -2.14. The number of piperidine rings is 1. The van der Waals surface area contributed by atoms with Crippen LogP contribution in [0.15, 0.2) is 30.3 Å². The summed E-state index contributed by atoms with van der Waals surface area (Å²) in [4.78, 5) is 17.2. The molecule has 1 saturated heterocycles. The molecule has 3 aromatic rings. The molecule has 0 N–H and O–H groups in total. The Labute approximate surface area is 158 Å². The molecule has 0 aliphatic carbocycles. The van der Waals surface area contributed by atoms with Crippen molar-refractivity contribution in [1.29, 1.82) is 0 Å². The lowest BCUT2D eigenvalue weighted by Crippen LogP contribution is -2.47. The second kappa shape index (κ2) is 6.54. The molecule has 1 amide bonds. The number of amides is 1. The summed E-state index contributed by atoms with van der Waals surface area (Å²) in [5, 5.41) is 5.79. The van der Waals surface area contributed by atoms with Crippen molar-refractivity contribution in [2.24, 2.45) is 0 Å². The second-order valence-corrected chi connectivity index (χ2v) is 8.54. The molecule has 0 saturated carbocycles. The van der Waals surface area contributed by atoms with Crippen LogP contribution in [0.3, 0.4) is 0 Å². The highest BCUT2D eigenvalue weighted by atomic mass is 32.1. The van der Waals surface area contributed by atoms with Crippen LogP contribution in [-0.4, -0.2) is 32.7 Å². The van der Waals surface area contributed by atoms with Crippen molar-refractivity contribution >= 4 is 27.5 Å². The van der Waals surface area contributed by atoms with Crippen molar-refractivity contribution < 1.29 is 4.79 Å². The number of hydrogen-bond acceptors (Lipinski definition) is 3. The number of carbonyl (C=O) groups is 1. The first-order valence-electron chi connectivity index (χ1n) is 9.34. The van der Waals surface area contributed by atoms with Gasteiger partial charge >= 0.3 is 0 Å². The van der Waals surface area contributed by atoms with E-state index in [-0.39, 0.29) is 5.91 Å². The van der Waals surface area contributed by atoms with Crippen molar-refractivity contribution in [2.45, 2.75) is 59.0 Å². The van der Waals surface area contributed by atoms with E-state index in [0.29, 0.717) is 12.1 Å². The fourth-order valence-corrected chi connectivity index (χ4v) is 5.16. The summed E-state index contributed by atoms with van der Waals surface area (Å²) < 4.78 is 1.97.